The van der Waals surface area contributed by atoms with Crippen molar-refractivity contribution in [3.05, 3.63) is 36.0 Å². The number of alkyl halides is 3. The second kappa shape index (κ2) is 5.04. The van der Waals surface area contributed by atoms with E-state index >= 15 is 0 Å². The molecule has 1 aliphatic rings. The minimum atomic E-state index is -4.49. The Labute approximate surface area is 123 Å². The Bertz CT molecular complexity index is 724. The molecule has 1 aromatic carbocycles. The van der Waals surface area contributed by atoms with Crippen LogP contribution in [0, 0.1) is 0 Å². The predicted molar refractivity (Wildman–Crippen MR) is 72.2 cm³/mol. The Balaban J connectivity index is 2.10. The molecule has 3 rings (SSSR count). The van der Waals surface area contributed by atoms with Crippen LogP contribution >= 0.6 is 0 Å². The Kier molecular flexibility index (Phi) is 3.31. The summed E-state index contributed by atoms with van der Waals surface area (Å²) in [5.41, 5.74) is 0.471. The molecule has 1 amide bonds. The molecule has 0 saturated heterocycles. The van der Waals surface area contributed by atoms with Gasteiger partial charge in [0.25, 0.3) is 0 Å². The van der Waals surface area contributed by atoms with E-state index in [0.717, 1.165) is 6.20 Å². The number of aromatic nitrogens is 2. The van der Waals surface area contributed by atoms with Gasteiger partial charge in [-0.1, -0.05) is 6.07 Å². The van der Waals surface area contributed by atoms with Crippen LogP contribution in [-0.2, 0) is 4.79 Å². The van der Waals surface area contributed by atoms with E-state index in [-0.39, 0.29) is 11.4 Å². The van der Waals surface area contributed by atoms with Gasteiger partial charge in [-0.15, -0.1) is 0 Å². The Hall–Kier alpha value is -2.51. The van der Waals surface area contributed by atoms with Crippen LogP contribution in [0.25, 0.3) is 5.69 Å². The summed E-state index contributed by atoms with van der Waals surface area (Å²) >= 11 is 0. The summed E-state index contributed by atoms with van der Waals surface area (Å²) in [5.74, 6) is -1.93. The van der Waals surface area contributed by atoms with E-state index in [0.29, 0.717) is 11.4 Å². The van der Waals surface area contributed by atoms with E-state index in [9.17, 15) is 18.0 Å². The molecule has 1 N–H and O–H groups in total. The van der Waals surface area contributed by atoms with Crippen molar-refractivity contribution < 1.29 is 22.7 Å². The number of hydrogen-bond acceptors (Lipinski definition) is 3. The van der Waals surface area contributed by atoms with Gasteiger partial charge in [0.15, 0.2) is 0 Å². The number of anilines is 1. The molecule has 2 aromatic rings. The van der Waals surface area contributed by atoms with E-state index in [1.165, 1.54) is 11.8 Å². The molecule has 0 aliphatic carbocycles. The van der Waals surface area contributed by atoms with Gasteiger partial charge >= 0.3 is 6.18 Å². The van der Waals surface area contributed by atoms with Crippen molar-refractivity contribution in [3.8, 4) is 11.4 Å². The molecule has 0 saturated carbocycles. The van der Waals surface area contributed by atoms with Crippen LogP contribution in [0.2, 0.25) is 0 Å². The first-order chi connectivity index (χ1) is 10.4. The summed E-state index contributed by atoms with van der Waals surface area (Å²) in [5, 5.41) is 6.46. The van der Waals surface area contributed by atoms with Crippen molar-refractivity contribution in [3.63, 3.8) is 0 Å². The smallest absolute Gasteiger partial charge is 0.396 e. The van der Waals surface area contributed by atoms with Crippen LogP contribution < -0.4 is 10.1 Å². The number of carbonyl (C=O) groups is 1. The molecular weight excluding hydrogens is 299 g/mol. The van der Waals surface area contributed by atoms with Crippen molar-refractivity contribution in [2.24, 2.45) is 0 Å². The highest BCUT2D eigenvalue weighted by atomic mass is 19.4. The maximum Gasteiger partial charge on any atom is 0.396 e. The maximum absolute atomic E-state index is 13.1. The largest absolute Gasteiger partial charge is 0.497 e. The number of fused-ring (bicyclic) bond motifs is 1. The third-order valence-corrected chi connectivity index (χ3v) is 3.51. The zero-order valence-electron chi connectivity index (χ0n) is 11.5. The van der Waals surface area contributed by atoms with Gasteiger partial charge in [-0.05, 0) is 12.1 Å². The highest BCUT2D eigenvalue weighted by Gasteiger charge is 2.46. The topological polar surface area (TPSA) is 56.1 Å². The lowest BCUT2D eigenvalue weighted by atomic mass is 9.94. The number of nitrogens with one attached hydrogen (secondary N) is 1. The number of methoxy groups -OCH3 is 1. The lowest BCUT2D eigenvalue weighted by molar-refractivity contribution is -0.156. The maximum atomic E-state index is 13.1. The average molecular weight is 311 g/mol. The number of nitrogens with zero attached hydrogens (tertiary/aromatic N) is 2. The minimum absolute atomic E-state index is 0.0325. The summed E-state index contributed by atoms with van der Waals surface area (Å²) in [7, 11) is 1.49. The molecule has 0 radical (unpaired) electrons. The van der Waals surface area contributed by atoms with Gasteiger partial charge in [0.05, 0.1) is 24.9 Å². The van der Waals surface area contributed by atoms with Crippen molar-refractivity contribution in [1.82, 2.24) is 9.78 Å². The van der Waals surface area contributed by atoms with Crippen molar-refractivity contribution >= 4 is 11.7 Å². The van der Waals surface area contributed by atoms with Gasteiger partial charge in [-0.25, -0.2) is 4.68 Å². The van der Waals surface area contributed by atoms with Gasteiger partial charge < -0.3 is 10.1 Å². The van der Waals surface area contributed by atoms with Gasteiger partial charge in [0.2, 0.25) is 5.91 Å². The Morgan fingerprint density at radius 3 is 2.86 bits per heavy atom. The quantitative estimate of drug-likeness (QED) is 0.928. The predicted octanol–water partition coefficient (Wildman–Crippen LogP) is 2.87. The Morgan fingerprint density at radius 1 is 1.41 bits per heavy atom. The average Bonchev–Trinajstić information content (AvgIpc) is 2.89. The third-order valence-electron chi connectivity index (χ3n) is 3.51. The van der Waals surface area contributed by atoms with Gasteiger partial charge in [-0.2, -0.15) is 18.3 Å². The molecule has 0 spiro atoms. The molecule has 1 aromatic heterocycles. The standard InChI is InChI=1S/C14H12F3N3O2/c1-22-9-4-2-3-8(5-9)20-13-10(7-18-20)11(14(15,16)17)6-12(21)19-13/h2-5,7,11H,6H2,1H3,(H,19,21). The molecule has 5 nitrogen and oxygen atoms in total. The second-order valence-corrected chi connectivity index (χ2v) is 4.91. The van der Waals surface area contributed by atoms with Crippen LogP contribution in [0.1, 0.15) is 17.9 Å². The number of rotatable bonds is 2. The van der Waals surface area contributed by atoms with Gasteiger partial charge in [0, 0.05) is 18.1 Å². The van der Waals surface area contributed by atoms with Crippen LogP contribution in [0.5, 0.6) is 5.75 Å². The number of halogens is 3. The fraction of sp³-hybridized carbons (Fsp3) is 0.286. The molecule has 1 aliphatic heterocycles. The number of carbonyl (C=O) groups excluding carboxylic acids is 1. The van der Waals surface area contributed by atoms with Gasteiger partial charge in [-0.3, -0.25) is 4.79 Å². The van der Waals surface area contributed by atoms with E-state index in [1.54, 1.807) is 24.3 Å². The molecule has 8 heteroatoms. The summed E-state index contributed by atoms with van der Waals surface area (Å²) in [6.45, 7) is 0. The van der Waals surface area contributed by atoms with Crippen LogP contribution in [0.15, 0.2) is 30.5 Å². The molecule has 0 fully saturated rings. The lowest BCUT2D eigenvalue weighted by Crippen LogP contribution is -2.31. The highest BCUT2D eigenvalue weighted by Crippen LogP contribution is 2.43. The molecule has 1 atom stereocenters. The molecule has 0 bridgehead atoms. The minimum Gasteiger partial charge on any atom is -0.497 e. The van der Waals surface area contributed by atoms with Crippen molar-refractivity contribution in [1.29, 1.82) is 0 Å². The molecular formula is C14H12F3N3O2. The molecule has 2 heterocycles. The molecule has 1 unspecified atom stereocenters. The highest BCUT2D eigenvalue weighted by molar-refractivity contribution is 5.94. The number of hydrogen-bond donors (Lipinski definition) is 1. The zero-order chi connectivity index (χ0) is 15.9. The first kappa shape index (κ1) is 14.4. The summed E-state index contributed by atoms with van der Waals surface area (Å²) in [6, 6.07) is 6.68. The lowest BCUT2D eigenvalue weighted by Gasteiger charge is -2.25. The van der Waals surface area contributed by atoms with Crippen LogP contribution in [-0.4, -0.2) is 29.0 Å². The van der Waals surface area contributed by atoms with E-state index in [2.05, 4.69) is 10.4 Å². The van der Waals surface area contributed by atoms with E-state index < -0.39 is 24.4 Å². The van der Waals surface area contributed by atoms with Crippen molar-refractivity contribution in [2.75, 3.05) is 12.4 Å². The number of amides is 1. The summed E-state index contributed by atoms with van der Waals surface area (Å²) < 4.78 is 45.6. The van der Waals surface area contributed by atoms with Crippen LogP contribution in [0.4, 0.5) is 19.0 Å². The normalized spacial score (nSPS) is 17.8. The third kappa shape index (κ3) is 2.40. The number of benzene rings is 1. The zero-order valence-corrected chi connectivity index (χ0v) is 11.5. The fourth-order valence-electron chi connectivity index (χ4n) is 2.45. The Morgan fingerprint density at radius 2 is 2.18 bits per heavy atom. The van der Waals surface area contributed by atoms with Crippen LogP contribution in [0.3, 0.4) is 0 Å². The monoisotopic (exact) mass is 311 g/mol. The number of ether oxygens (including phenoxy) is 1. The summed E-state index contributed by atoms with van der Waals surface area (Å²) in [6.07, 6.45) is -3.97. The first-order valence-electron chi connectivity index (χ1n) is 6.49. The molecule has 116 valence electrons. The fourth-order valence-corrected chi connectivity index (χ4v) is 2.45. The first-order valence-corrected chi connectivity index (χ1v) is 6.49. The van der Waals surface area contributed by atoms with E-state index in [4.69, 9.17) is 4.74 Å². The summed E-state index contributed by atoms with van der Waals surface area (Å²) in [4.78, 5) is 11.6. The SMILES string of the molecule is COc1cccc(-n2ncc3c2NC(=O)CC3C(F)(F)F)c1. The van der Waals surface area contributed by atoms with E-state index in [1.807, 2.05) is 0 Å². The molecule has 22 heavy (non-hydrogen) atoms. The van der Waals surface area contributed by atoms with Crippen molar-refractivity contribution in [2.45, 2.75) is 18.5 Å². The second-order valence-electron chi connectivity index (χ2n) is 4.91. The van der Waals surface area contributed by atoms with Gasteiger partial charge in [0.1, 0.15) is 11.6 Å².